The molecule has 0 aromatic rings. The smallest absolute Gasteiger partial charge is 0.182 e. The maximum Gasteiger partial charge on any atom is 0.182 e. The van der Waals surface area contributed by atoms with Crippen molar-refractivity contribution in [3.8, 4) is 0 Å². The van der Waals surface area contributed by atoms with E-state index in [9.17, 15) is 0 Å². The second kappa shape index (κ2) is 3.72. The summed E-state index contributed by atoms with van der Waals surface area (Å²) in [4.78, 5) is 4.05. The van der Waals surface area contributed by atoms with Crippen LogP contribution >= 0.6 is 12.4 Å². The number of methoxy groups -OCH3 is 1. The Kier molecular flexibility index (Phi) is 3.61. The van der Waals surface area contributed by atoms with Gasteiger partial charge in [-0.05, 0) is 6.42 Å². The predicted octanol–water partition coefficient (Wildman–Crippen LogP) is 1.25. The number of hydrogen-bond acceptors (Lipinski definition) is 2. The highest BCUT2D eigenvalue weighted by Crippen LogP contribution is 2.02. The Morgan fingerprint density at radius 3 is 2.62 bits per heavy atom. The lowest BCUT2D eigenvalue weighted by Gasteiger charge is -1.91. The first-order valence-electron chi connectivity index (χ1n) is 2.51. The Balaban J connectivity index is 0.000000490. The summed E-state index contributed by atoms with van der Waals surface area (Å²) in [6.45, 7) is 0.961. The van der Waals surface area contributed by atoms with Gasteiger partial charge < -0.3 is 4.74 Å². The van der Waals surface area contributed by atoms with Gasteiger partial charge in [0.15, 0.2) is 5.90 Å². The average molecular weight is 136 g/mol. The van der Waals surface area contributed by atoms with Gasteiger partial charge in [0.05, 0.1) is 7.11 Å². The van der Waals surface area contributed by atoms with Crippen LogP contribution in [0.5, 0.6) is 0 Å². The predicted molar refractivity (Wildman–Crippen MR) is 35.8 cm³/mol. The van der Waals surface area contributed by atoms with E-state index in [0.29, 0.717) is 0 Å². The largest absolute Gasteiger partial charge is 0.484 e. The van der Waals surface area contributed by atoms with Crippen LogP contribution in [-0.2, 0) is 4.74 Å². The van der Waals surface area contributed by atoms with Crippen LogP contribution in [0.4, 0.5) is 0 Å². The van der Waals surface area contributed by atoms with Gasteiger partial charge in [-0.25, -0.2) is 0 Å². The second-order valence-electron chi connectivity index (χ2n) is 1.58. The molecule has 0 aromatic heterocycles. The molecule has 0 unspecified atom stereocenters. The molecule has 0 bridgehead atoms. The van der Waals surface area contributed by atoms with Gasteiger partial charge in [0.2, 0.25) is 0 Å². The SMILES string of the molecule is COC1=NCCC1.Cl. The molecule has 2 nitrogen and oxygen atoms in total. The molecule has 48 valence electrons. The summed E-state index contributed by atoms with van der Waals surface area (Å²) < 4.78 is 4.86. The number of halogens is 1. The fourth-order valence-electron chi connectivity index (χ4n) is 0.680. The van der Waals surface area contributed by atoms with E-state index >= 15 is 0 Å². The molecule has 0 spiro atoms. The Bertz CT molecular complexity index is 92.4. The second-order valence-corrected chi connectivity index (χ2v) is 1.58. The molecule has 1 rings (SSSR count). The van der Waals surface area contributed by atoms with Gasteiger partial charge in [0.1, 0.15) is 0 Å². The van der Waals surface area contributed by atoms with Crippen molar-refractivity contribution in [1.82, 2.24) is 0 Å². The van der Waals surface area contributed by atoms with Crippen LogP contribution in [-0.4, -0.2) is 19.6 Å². The first-order valence-corrected chi connectivity index (χ1v) is 2.51. The molecular formula is C5H10ClNO. The van der Waals surface area contributed by atoms with Crippen LogP contribution in [0.1, 0.15) is 12.8 Å². The van der Waals surface area contributed by atoms with Crippen molar-refractivity contribution in [1.29, 1.82) is 0 Å². The molecule has 1 aliphatic rings. The van der Waals surface area contributed by atoms with Crippen LogP contribution in [0.2, 0.25) is 0 Å². The lowest BCUT2D eigenvalue weighted by molar-refractivity contribution is 0.395. The van der Waals surface area contributed by atoms with Gasteiger partial charge in [-0.15, -0.1) is 12.4 Å². The van der Waals surface area contributed by atoms with Gasteiger partial charge in [0, 0.05) is 13.0 Å². The molecule has 0 saturated heterocycles. The summed E-state index contributed by atoms with van der Waals surface area (Å²) in [5, 5.41) is 0. The van der Waals surface area contributed by atoms with Crippen molar-refractivity contribution in [3.05, 3.63) is 0 Å². The maximum absolute atomic E-state index is 4.86. The summed E-state index contributed by atoms with van der Waals surface area (Å²) >= 11 is 0. The van der Waals surface area contributed by atoms with Crippen LogP contribution in [0.15, 0.2) is 4.99 Å². The first kappa shape index (κ1) is 7.76. The molecule has 0 saturated carbocycles. The average Bonchev–Trinajstić information content (AvgIpc) is 2.14. The third kappa shape index (κ3) is 1.70. The van der Waals surface area contributed by atoms with Crippen LogP contribution in [0.3, 0.4) is 0 Å². The van der Waals surface area contributed by atoms with Crippen LogP contribution in [0, 0.1) is 0 Å². The zero-order chi connectivity index (χ0) is 5.11. The fraction of sp³-hybridized carbons (Fsp3) is 0.800. The molecule has 0 aliphatic carbocycles. The number of nitrogens with zero attached hydrogens (tertiary/aromatic N) is 1. The summed E-state index contributed by atoms with van der Waals surface area (Å²) in [6, 6.07) is 0. The minimum atomic E-state index is 0. The molecule has 0 atom stereocenters. The Hall–Kier alpha value is -0.240. The minimum Gasteiger partial charge on any atom is -0.484 e. The summed E-state index contributed by atoms with van der Waals surface area (Å²) in [5.74, 6) is 0.917. The minimum absolute atomic E-state index is 0. The highest BCUT2D eigenvalue weighted by atomic mass is 35.5. The lowest BCUT2D eigenvalue weighted by Crippen LogP contribution is -1.93. The standard InChI is InChI=1S/C5H9NO.ClH/c1-7-5-3-2-4-6-5;/h2-4H2,1H3;1H. The zero-order valence-corrected chi connectivity index (χ0v) is 5.70. The fourth-order valence-corrected chi connectivity index (χ4v) is 0.680. The van der Waals surface area contributed by atoms with Gasteiger partial charge in [-0.3, -0.25) is 4.99 Å². The quantitative estimate of drug-likeness (QED) is 0.490. The lowest BCUT2D eigenvalue weighted by atomic mass is 10.4. The molecule has 3 heteroatoms. The van der Waals surface area contributed by atoms with Gasteiger partial charge >= 0.3 is 0 Å². The summed E-state index contributed by atoms with van der Waals surface area (Å²) in [6.07, 6.45) is 2.21. The third-order valence-electron chi connectivity index (χ3n) is 1.07. The van der Waals surface area contributed by atoms with Crippen molar-refractivity contribution in [2.45, 2.75) is 12.8 Å². The topological polar surface area (TPSA) is 21.6 Å². The number of hydrogen-bond donors (Lipinski definition) is 0. The highest BCUT2D eigenvalue weighted by molar-refractivity contribution is 5.85. The molecule has 0 aromatic carbocycles. The van der Waals surface area contributed by atoms with Crippen molar-refractivity contribution >= 4 is 18.3 Å². The molecule has 0 fully saturated rings. The zero-order valence-electron chi connectivity index (χ0n) is 4.89. The molecule has 1 aliphatic heterocycles. The van der Waals surface area contributed by atoms with Crippen LogP contribution in [0.25, 0.3) is 0 Å². The first-order chi connectivity index (χ1) is 3.43. The molecular weight excluding hydrogens is 126 g/mol. The van der Waals surface area contributed by atoms with Crippen molar-refractivity contribution in [2.75, 3.05) is 13.7 Å². The third-order valence-corrected chi connectivity index (χ3v) is 1.07. The van der Waals surface area contributed by atoms with E-state index in [1.165, 1.54) is 6.42 Å². The summed E-state index contributed by atoms with van der Waals surface area (Å²) in [5.41, 5.74) is 0. The van der Waals surface area contributed by atoms with E-state index in [-0.39, 0.29) is 12.4 Å². The molecule has 8 heavy (non-hydrogen) atoms. The van der Waals surface area contributed by atoms with E-state index in [4.69, 9.17) is 4.74 Å². The van der Waals surface area contributed by atoms with Gasteiger partial charge in [0.25, 0.3) is 0 Å². The van der Waals surface area contributed by atoms with Crippen molar-refractivity contribution in [3.63, 3.8) is 0 Å². The van der Waals surface area contributed by atoms with E-state index in [1.54, 1.807) is 7.11 Å². The van der Waals surface area contributed by atoms with E-state index in [1.807, 2.05) is 0 Å². The Morgan fingerprint density at radius 2 is 2.38 bits per heavy atom. The highest BCUT2D eigenvalue weighted by Gasteiger charge is 2.02. The van der Waals surface area contributed by atoms with E-state index in [0.717, 1.165) is 18.9 Å². The Morgan fingerprint density at radius 1 is 1.62 bits per heavy atom. The van der Waals surface area contributed by atoms with Crippen molar-refractivity contribution < 1.29 is 4.74 Å². The van der Waals surface area contributed by atoms with Crippen molar-refractivity contribution in [2.24, 2.45) is 4.99 Å². The van der Waals surface area contributed by atoms with Crippen LogP contribution < -0.4 is 0 Å². The van der Waals surface area contributed by atoms with E-state index in [2.05, 4.69) is 4.99 Å². The van der Waals surface area contributed by atoms with Gasteiger partial charge in [-0.2, -0.15) is 0 Å². The summed E-state index contributed by atoms with van der Waals surface area (Å²) in [7, 11) is 1.67. The number of aliphatic imine (C=N–C) groups is 1. The molecule has 0 N–H and O–H groups in total. The normalized spacial score (nSPS) is 16.9. The Labute approximate surface area is 55.4 Å². The molecule has 0 radical (unpaired) electrons. The molecule has 0 amide bonds. The number of rotatable bonds is 0. The maximum atomic E-state index is 4.86. The monoisotopic (exact) mass is 135 g/mol. The van der Waals surface area contributed by atoms with E-state index < -0.39 is 0 Å². The number of ether oxygens (including phenoxy) is 1. The molecule has 1 heterocycles. The van der Waals surface area contributed by atoms with Gasteiger partial charge in [-0.1, -0.05) is 0 Å².